The molecule has 0 amide bonds. The number of nitrogens with zero attached hydrogens (tertiary/aromatic N) is 1. The van der Waals surface area contributed by atoms with Crippen LogP contribution in [0, 0.1) is 0 Å². The average molecular weight is 450 g/mol. The van der Waals surface area contributed by atoms with Crippen LogP contribution < -0.4 is 15.5 Å². The summed E-state index contributed by atoms with van der Waals surface area (Å²) < 4.78 is 5.35. The predicted octanol–water partition coefficient (Wildman–Crippen LogP) is 5.34. The fourth-order valence-corrected chi connectivity index (χ4v) is 3.77. The summed E-state index contributed by atoms with van der Waals surface area (Å²) in [5.41, 5.74) is 3.93. The Balaban J connectivity index is 1.49. The molecule has 1 fully saturated rings. The first-order valence-electron chi connectivity index (χ1n) is 9.38. The fraction of sp³-hybridized carbons (Fsp3) is 0.286. The van der Waals surface area contributed by atoms with Crippen molar-refractivity contribution in [3.8, 4) is 5.75 Å². The van der Waals surface area contributed by atoms with Gasteiger partial charge < -0.3 is 10.1 Å². The van der Waals surface area contributed by atoms with Gasteiger partial charge in [-0.25, -0.2) is 4.79 Å². The number of rotatable bonds is 5. The summed E-state index contributed by atoms with van der Waals surface area (Å²) in [6, 6.07) is 12.0. The Morgan fingerprint density at radius 1 is 1.10 bits per heavy atom. The molecule has 1 aliphatic rings. The van der Waals surface area contributed by atoms with Crippen molar-refractivity contribution in [2.45, 2.75) is 38.1 Å². The molecule has 1 aliphatic carbocycles. The molecule has 8 heteroatoms. The zero-order valence-corrected chi connectivity index (χ0v) is 18.0. The first-order valence-corrected chi connectivity index (χ1v) is 10.5. The van der Waals surface area contributed by atoms with E-state index < -0.39 is 5.97 Å². The maximum absolute atomic E-state index is 12.2. The van der Waals surface area contributed by atoms with Gasteiger partial charge >= 0.3 is 5.97 Å². The van der Waals surface area contributed by atoms with E-state index in [0.29, 0.717) is 21.9 Å². The van der Waals surface area contributed by atoms with E-state index in [4.69, 9.17) is 40.2 Å². The third-order valence-corrected chi connectivity index (χ3v) is 5.32. The maximum Gasteiger partial charge on any atom is 0.345 e. The van der Waals surface area contributed by atoms with Gasteiger partial charge in [-0.05, 0) is 73.1 Å². The molecule has 1 saturated carbocycles. The van der Waals surface area contributed by atoms with Crippen LogP contribution in [0.3, 0.4) is 0 Å². The number of hydrogen-bond donors (Lipinski definition) is 2. The van der Waals surface area contributed by atoms with Crippen LogP contribution in [0.5, 0.6) is 5.75 Å². The van der Waals surface area contributed by atoms with Crippen molar-refractivity contribution < 1.29 is 9.53 Å². The molecule has 0 unspecified atom stereocenters. The van der Waals surface area contributed by atoms with Crippen LogP contribution in [0.25, 0.3) is 0 Å². The second kappa shape index (κ2) is 10.6. The van der Waals surface area contributed by atoms with Gasteiger partial charge in [-0.3, -0.25) is 5.43 Å². The zero-order valence-electron chi connectivity index (χ0n) is 15.7. The third-order valence-electron chi connectivity index (χ3n) is 4.56. The molecule has 29 heavy (non-hydrogen) atoms. The molecule has 0 radical (unpaired) electrons. The van der Waals surface area contributed by atoms with Gasteiger partial charge in [0.05, 0.1) is 16.8 Å². The Hall–Kier alpha value is -2.15. The van der Waals surface area contributed by atoms with Crippen LogP contribution >= 0.6 is 35.4 Å². The summed E-state index contributed by atoms with van der Waals surface area (Å²) >= 11 is 17.1. The zero-order chi connectivity index (χ0) is 20.6. The van der Waals surface area contributed by atoms with Gasteiger partial charge in [0.25, 0.3) is 0 Å². The summed E-state index contributed by atoms with van der Waals surface area (Å²) in [4.78, 5) is 12.2. The molecule has 0 aromatic heterocycles. The highest BCUT2D eigenvalue weighted by Crippen LogP contribution is 2.23. The van der Waals surface area contributed by atoms with Gasteiger partial charge in [0.1, 0.15) is 5.75 Å². The molecule has 2 aromatic carbocycles. The van der Waals surface area contributed by atoms with E-state index in [1.54, 1.807) is 36.5 Å². The van der Waals surface area contributed by atoms with Crippen molar-refractivity contribution in [1.82, 2.24) is 10.7 Å². The van der Waals surface area contributed by atoms with E-state index in [0.717, 1.165) is 18.4 Å². The second-order valence-electron chi connectivity index (χ2n) is 6.76. The minimum Gasteiger partial charge on any atom is -0.423 e. The Labute approximate surface area is 185 Å². The Morgan fingerprint density at radius 3 is 2.52 bits per heavy atom. The summed E-state index contributed by atoms with van der Waals surface area (Å²) in [7, 11) is 0. The smallest absolute Gasteiger partial charge is 0.345 e. The summed E-state index contributed by atoms with van der Waals surface area (Å²) in [5.74, 6) is -0.144. The molecule has 152 valence electrons. The number of nitrogens with one attached hydrogen (secondary N) is 2. The molecule has 0 atom stereocenters. The fourth-order valence-electron chi connectivity index (χ4n) is 3.07. The number of thiocarbonyl (C=S) groups is 1. The van der Waals surface area contributed by atoms with E-state index in [1.807, 2.05) is 0 Å². The van der Waals surface area contributed by atoms with Crippen LogP contribution in [0.2, 0.25) is 10.0 Å². The van der Waals surface area contributed by atoms with Gasteiger partial charge in [0, 0.05) is 11.1 Å². The minimum atomic E-state index is -0.547. The largest absolute Gasteiger partial charge is 0.423 e. The van der Waals surface area contributed by atoms with E-state index >= 15 is 0 Å². The first-order chi connectivity index (χ1) is 14.0. The predicted molar refractivity (Wildman–Crippen MR) is 121 cm³/mol. The van der Waals surface area contributed by atoms with Gasteiger partial charge in [-0.2, -0.15) is 5.10 Å². The quantitative estimate of drug-likeness (QED) is 0.212. The van der Waals surface area contributed by atoms with Crippen LogP contribution in [0.15, 0.2) is 47.6 Å². The van der Waals surface area contributed by atoms with Crippen molar-refractivity contribution in [3.05, 3.63) is 63.6 Å². The highest BCUT2D eigenvalue weighted by molar-refractivity contribution is 7.80. The van der Waals surface area contributed by atoms with E-state index in [1.165, 1.54) is 31.4 Å². The van der Waals surface area contributed by atoms with Crippen molar-refractivity contribution in [1.29, 1.82) is 0 Å². The highest BCUT2D eigenvalue weighted by Gasteiger charge is 2.14. The number of carbonyl (C=O) groups is 1. The van der Waals surface area contributed by atoms with Crippen LogP contribution in [-0.4, -0.2) is 23.3 Å². The van der Waals surface area contributed by atoms with Crippen molar-refractivity contribution in [3.63, 3.8) is 0 Å². The molecule has 2 aromatic rings. The van der Waals surface area contributed by atoms with Gasteiger partial charge in [-0.15, -0.1) is 0 Å². The summed E-state index contributed by atoms with van der Waals surface area (Å²) in [5, 5.41) is 8.67. The molecule has 0 aliphatic heterocycles. The van der Waals surface area contributed by atoms with E-state index in [9.17, 15) is 4.79 Å². The van der Waals surface area contributed by atoms with Crippen molar-refractivity contribution in [2.75, 3.05) is 0 Å². The number of benzene rings is 2. The summed E-state index contributed by atoms with van der Waals surface area (Å²) in [6.45, 7) is 0. The minimum absolute atomic E-state index is 0.245. The molecule has 0 spiro atoms. The molecule has 0 saturated heterocycles. The highest BCUT2D eigenvalue weighted by atomic mass is 35.5. The number of ether oxygens (including phenoxy) is 1. The van der Waals surface area contributed by atoms with Crippen LogP contribution in [0.1, 0.15) is 48.0 Å². The van der Waals surface area contributed by atoms with Gasteiger partial charge in [-0.1, -0.05) is 42.5 Å². The van der Waals surface area contributed by atoms with E-state index in [2.05, 4.69) is 15.8 Å². The first kappa shape index (κ1) is 21.6. The maximum atomic E-state index is 12.2. The Kier molecular flexibility index (Phi) is 7.86. The van der Waals surface area contributed by atoms with Crippen molar-refractivity contribution >= 4 is 52.7 Å². The lowest BCUT2D eigenvalue weighted by atomic mass is 9.96. The molecule has 5 nitrogen and oxygen atoms in total. The molecular weight excluding hydrogens is 429 g/mol. The molecule has 2 N–H and O–H groups in total. The Morgan fingerprint density at radius 2 is 1.83 bits per heavy atom. The lowest BCUT2D eigenvalue weighted by Gasteiger charge is -2.23. The van der Waals surface area contributed by atoms with Gasteiger partial charge in [0.15, 0.2) is 5.11 Å². The summed E-state index contributed by atoms with van der Waals surface area (Å²) in [6.07, 6.45) is 7.72. The molecule has 0 heterocycles. The topological polar surface area (TPSA) is 62.7 Å². The van der Waals surface area contributed by atoms with Crippen molar-refractivity contribution in [2.24, 2.45) is 5.10 Å². The van der Waals surface area contributed by atoms with Gasteiger partial charge in [0.2, 0.25) is 0 Å². The molecular formula is C21H21Cl2N3O2S. The molecule has 0 bridgehead atoms. The molecule has 3 rings (SSSR count). The second-order valence-corrected chi connectivity index (χ2v) is 8.01. The number of carbonyl (C=O) groups excluding carboxylic acids is 1. The SMILES string of the molecule is O=C(Oc1ccc(C=NNC(=S)NC2CCCCC2)cc1)c1ccc(Cl)cc1Cl. The lowest BCUT2D eigenvalue weighted by molar-refractivity contribution is 0.0735. The average Bonchev–Trinajstić information content (AvgIpc) is 2.70. The third kappa shape index (κ3) is 6.70. The number of esters is 1. The monoisotopic (exact) mass is 449 g/mol. The lowest BCUT2D eigenvalue weighted by Crippen LogP contribution is -2.40. The number of hydrazone groups is 1. The standard InChI is InChI=1S/C21H21Cl2N3O2S/c22-15-8-11-18(19(23)12-15)20(27)28-17-9-6-14(7-10-17)13-24-26-21(29)25-16-4-2-1-3-5-16/h6-13,16H,1-5H2,(H2,25,26,29). The number of halogens is 2. The number of hydrogen-bond acceptors (Lipinski definition) is 4. The van der Waals surface area contributed by atoms with Crippen LogP contribution in [0.4, 0.5) is 0 Å². The van der Waals surface area contributed by atoms with E-state index in [-0.39, 0.29) is 10.6 Å². The normalized spacial score (nSPS) is 14.6. The Bertz CT molecular complexity index is 897. The van der Waals surface area contributed by atoms with Crippen LogP contribution in [-0.2, 0) is 0 Å².